The van der Waals surface area contributed by atoms with Gasteiger partial charge in [-0.15, -0.1) is 0 Å². The lowest BCUT2D eigenvalue weighted by Gasteiger charge is -2.15. The van der Waals surface area contributed by atoms with Crippen molar-refractivity contribution in [2.45, 2.75) is 6.61 Å². The number of hydrogen-bond acceptors (Lipinski definition) is 6. The van der Waals surface area contributed by atoms with Crippen LogP contribution in [-0.2, 0) is 6.61 Å². The van der Waals surface area contributed by atoms with Crippen LogP contribution in [0.4, 0.5) is 5.13 Å². The van der Waals surface area contributed by atoms with E-state index in [9.17, 15) is 9.59 Å². The summed E-state index contributed by atoms with van der Waals surface area (Å²) in [6.45, 7) is 0.408. The first kappa shape index (κ1) is 15.8. The number of rotatable bonds is 2. The largest absolute Gasteiger partial charge is 0.487 e. The Morgan fingerprint density at radius 2 is 1.93 bits per heavy atom. The number of nitrogens with one attached hydrogen (secondary N) is 1. The number of nitrogens with zero attached hydrogens (tertiary/aromatic N) is 1. The summed E-state index contributed by atoms with van der Waals surface area (Å²) < 4.78 is 11.3. The maximum atomic E-state index is 12.6. The van der Waals surface area contributed by atoms with Crippen LogP contribution in [0.3, 0.4) is 0 Å². The van der Waals surface area contributed by atoms with E-state index in [2.05, 4.69) is 10.3 Å². The fourth-order valence-corrected chi connectivity index (χ4v) is 3.90. The number of amides is 1. The second-order valence-corrected chi connectivity index (χ2v) is 7.08. The van der Waals surface area contributed by atoms with Gasteiger partial charge in [-0.3, -0.25) is 14.9 Å². The van der Waals surface area contributed by atoms with E-state index in [0.29, 0.717) is 22.7 Å². The first-order chi connectivity index (χ1) is 13.2. The molecule has 27 heavy (non-hydrogen) atoms. The lowest BCUT2D eigenvalue weighted by atomic mass is 10.1. The van der Waals surface area contributed by atoms with Crippen molar-refractivity contribution in [1.82, 2.24) is 4.98 Å². The third-order valence-electron chi connectivity index (χ3n) is 4.28. The highest BCUT2D eigenvalue weighted by Crippen LogP contribution is 2.40. The van der Waals surface area contributed by atoms with E-state index in [1.54, 1.807) is 24.3 Å². The Kier molecular flexibility index (Phi) is 3.54. The molecule has 6 nitrogen and oxygen atoms in total. The van der Waals surface area contributed by atoms with Crippen molar-refractivity contribution < 1.29 is 13.9 Å². The van der Waals surface area contributed by atoms with Crippen molar-refractivity contribution in [2.75, 3.05) is 5.32 Å². The third-order valence-corrected chi connectivity index (χ3v) is 5.22. The van der Waals surface area contributed by atoms with E-state index >= 15 is 0 Å². The van der Waals surface area contributed by atoms with Crippen LogP contribution >= 0.6 is 11.3 Å². The van der Waals surface area contributed by atoms with Crippen molar-refractivity contribution in [1.29, 1.82) is 0 Å². The molecule has 1 aliphatic heterocycles. The first-order valence-electron chi connectivity index (χ1n) is 8.25. The quantitative estimate of drug-likeness (QED) is 0.570. The van der Waals surface area contributed by atoms with E-state index < -0.39 is 5.91 Å². The van der Waals surface area contributed by atoms with Crippen LogP contribution in [0, 0.1) is 0 Å². The Bertz CT molecular complexity index is 1260. The lowest BCUT2D eigenvalue weighted by Crippen LogP contribution is -2.14. The Labute approximate surface area is 157 Å². The molecule has 0 spiro atoms. The highest BCUT2D eigenvalue weighted by atomic mass is 32.1. The van der Waals surface area contributed by atoms with Gasteiger partial charge in [-0.25, -0.2) is 4.98 Å². The molecule has 0 unspecified atom stereocenters. The van der Waals surface area contributed by atoms with Gasteiger partial charge < -0.3 is 9.15 Å². The number of benzene rings is 2. The Morgan fingerprint density at radius 1 is 1.11 bits per heavy atom. The standard InChI is InChI=1S/C20H12N2O4S/c23-13-9-16(26-15-8-4-1-5-11(13)15)19(24)22-20-21-18-12-6-2-3-7-14(12)25-10-17(18)27-20/h1-9H,10H2,(H,21,22,24). The summed E-state index contributed by atoms with van der Waals surface area (Å²) in [4.78, 5) is 30.2. The minimum absolute atomic E-state index is 0.0523. The second kappa shape index (κ2) is 6.07. The van der Waals surface area contributed by atoms with Crippen LogP contribution in [0.5, 0.6) is 5.75 Å². The zero-order chi connectivity index (χ0) is 18.4. The Hall–Kier alpha value is -3.45. The molecule has 0 radical (unpaired) electrons. The van der Waals surface area contributed by atoms with Gasteiger partial charge in [0.05, 0.1) is 16.0 Å². The summed E-state index contributed by atoms with van der Waals surface area (Å²) in [6.07, 6.45) is 0. The third kappa shape index (κ3) is 2.69. The number of carbonyl (C=O) groups excluding carboxylic acids is 1. The zero-order valence-corrected chi connectivity index (χ0v) is 14.7. The molecule has 4 aromatic rings. The average molecular weight is 376 g/mol. The molecule has 0 atom stereocenters. The number of ether oxygens (including phenoxy) is 1. The monoisotopic (exact) mass is 376 g/mol. The number of hydrogen-bond donors (Lipinski definition) is 1. The highest BCUT2D eigenvalue weighted by Gasteiger charge is 2.23. The summed E-state index contributed by atoms with van der Waals surface area (Å²) in [7, 11) is 0. The van der Waals surface area contributed by atoms with Crippen molar-refractivity contribution >= 4 is 33.3 Å². The summed E-state index contributed by atoms with van der Waals surface area (Å²) in [6, 6.07) is 15.7. The van der Waals surface area contributed by atoms with Gasteiger partial charge >= 0.3 is 0 Å². The fraction of sp³-hybridized carbons (Fsp3) is 0.0500. The molecule has 5 rings (SSSR count). The van der Waals surface area contributed by atoms with Crippen molar-refractivity contribution in [3.8, 4) is 17.0 Å². The molecule has 2 aromatic carbocycles. The molecule has 1 N–H and O–H groups in total. The van der Waals surface area contributed by atoms with Gasteiger partial charge in [-0.1, -0.05) is 35.6 Å². The molecule has 0 fully saturated rings. The molecule has 7 heteroatoms. The minimum atomic E-state index is -0.516. The minimum Gasteiger partial charge on any atom is -0.487 e. The number of aromatic nitrogens is 1. The molecule has 0 saturated heterocycles. The smallest absolute Gasteiger partial charge is 0.293 e. The second-order valence-electron chi connectivity index (χ2n) is 6.00. The van der Waals surface area contributed by atoms with Gasteiger partial charge in [0, 0.05) is 11.6 Å². The molecule has 1 amide bonds. The zero-order valence-electron chi connectivity index (χ0n) is 13.9. The number of para-hydroxylation sites is 2. The van der Waals surface area contributed by atoms with Crippen molar-refractivity contribution in [3.05, 3.63) is 75.5 Å². The van der Waals surface area contributed by atoms with Gasteiger partial charge in [0.1, 0.15) is 17.9 Å². The molecule has 3 heterocycles. The number of anilines is 1. The van der Waals surface area contributed by atoms with Crippen molar-refractivity contribution in [3.63, 3.8) is 0 Å². The van der Waals surface area contributed by atoms with E-state index in [-0.39, 0.29) is 11.2 Å². The Balaban J connectivity index is 1.48. The molecule has 1 aliphatic rings. The first-order valence-corrected chi connectivity index (χ1v) is 9.07. The van der Waals surface area contributed by atoms with E-state index in [1.165, 1.54) is 17.4 Å². The van der Waals surface area contributed by atoms with Gasteiger partial charge in [-0.2, -0.15) is 0 Å². The molecule has 0 bridgehead atoms. The van der Waals surface area contributed by atoms with Crippen LogP contribution in [0.1, 0.15) is 15.4 Å². The molecule has 132 valence electrons. The van der Waals surface area contributed by atoms with Gasteiger partial charge in [-0.05, 0) is 24.3 Å². The topological polar surface area (TPSA) is 81.4 Å². The number of carbonyl (C=O) groups is 1. The van der Waals surface area contributed by atoms with Gasteiger partial charge in [0.15, 0.2) is 16.3 Å². The van der Waals surface area contributed by atoms with Crippen molar-refractivity contribution in [2.24, 2.45) is 0 Å². The predicted octanol–water partition coefficient (Wildman–Crippen LogP) is 4.06. The normalized spacial score (nSPS) is 12.1. The summed E-state index contributed by atoms with van der Waals surface area (Å²) in [5.74, 6) is 0.204. The predicted molar refractivity (Wildman–Crippen MR) is 102 cm³/mol. The van der Waals surface area contributed by atoms with Crippen LogP contribution in [-0.4, -0.2) is 10.9 Å². The average Bonchev–Trinajstić information content (AvgIpc) is 3.11. The molecular formula is C20H12N2O4S. The lowest BCUT2D eigenvalue weighted by molar-refractivity contribution is 0.0997. The summed E-state index contributed by atoms with van der Waals surface area (Å²) in [5, 5.41) is 3.59. The number of thiazole rings is 1. The van der Waals surface area contributed by atoms with Crippen LogP contribution in [0.15, 0.2) is 63.8 Å². The van der Waals surface area contributed by atoms with Gasteiger partial charge in [0.2, 0.25) is 0 Å². The van der Waals surface area contributed by atoms with Crippen LogP contribution < -0.4 is 15.5 Å². The van der Waals surface area contributed by atoms with E-state index in [1.807, 2.05) is 24.3 Å². The number of fused-ring (bicyclic) bond motifs is 4. The van der Waals surface area contributed by atoms with Crippen LogP contribution in [0.25, 0.3) is 22.2 Å². The molecular weight excluding hydrogens is 364 g/mol. The van der Waals surface area contributed by atoms with E-state index in [0.717, 1.165) is 21.9 Å². The van der Waals surface area contributed by atoms with E-state index in [4.69, 9.17) is 9.15 Å². The fourth-order valence-electron chi connectivity index (χ4n) is 3.02. The van der Waals surface area contributed by atoms with Crippen LogP contribution in [0.2, 0.25) is 0 Å². The highest BCUT2D eigenvalue weighted by molar-refractivity contribution is 7.16. The SMILES string of the molecule is O=C(Nc1nc2c(s1)COc1ccccc1-2)c1cc(=O)c2ccccc2o1. The maximum Gasteiger partial charge on any atom is 0.293 e. The molecule has 0 aliphatic carbocycles. The molecule has 0 saturated carbocycles. The summed E-state index contributed by atoms with van der Waals surface area (Å²) >= 11 is 1.34. The Morgan fingerprint density at radius 3 is 2.85 bits per heavy atom. The summed E-state index contributed by atoms with van der Waals surface area (Å²) in [5.41, 5.74) is 1.81. The molecule has 2 aromatic heterocycles. The maximum absolute atomic E-state index is 12.6. The van der Waals surface area contributed by atoms with Gasteiger partial charge in [0.25, 0.3) is 5.91 Å².